The second-order valence-electron chi connectivity index (χ2n) is 4.86. The van der Waals surface area contributed by atoms with Crippen LogP contribution in [-0.4, -0.2) is 23.5 Å². The molecule has 1 unspecified atom stereocenters. The number of rotatable bonds is 4. The fraction of sp³-hybridized carbons (Fsp3) is 0.125. The molecule has 8 heteroatoms. The van der Waals surface area contributed by atoms with Crippen LogP contribution in [0, 0.1) is 11.6 Å². The van der Waals surface area contributed by atoms with E-state index in [1.54, 1.807) is 0 Å². The summed E-state index contributed by atoms with van der Waals surface area (Å²) in [6.07, 6.45) is -1.18. The van der Waals surface area contributed by atoms with E-state index in [4.69, 9.17) is 0 Å². The molecule has 0 spiro atoms. The van der Waals surface area contributed by atoms with Gasteiger partial charge in [-0.25, -0.2) is 8.78 Å². The number of benzene rings is 2. The lowest BCUT2D eigenvalue weighted by Crippen LogP contribution is -2.37. The van der Waals surface area contributed by atoms with Gasteiger partial charge in [-0.2, -0.15) is 0 Å². The molecule has 0 saturated heterocycles. The van der Waals surface area contributed by atoms with Crippen LogP contribution in [-0.2, 0) is 9.59 Å². The summed E-state index contributed by atoms with van der Waals surface area (Å²) in [6, 6.07) is 9.12. The molecule has 0 aromatic heterocycles. The normalized spacial score (nSPS) is 11.7. The van der Waals surface area contributed by atoms with Crippen molar-refractivity contribution in [2.45, 2.75) is 6.10 Å². The molecule has 2 rings (SSSR count). The van der Waals surface area contributed by atoms with Crippen molar-refractivity contribution < 1.29 is 23.5 Å². The molecule has 0 heterocycles. The van der Waals surface area contributed by atoms with Crippen molar-refractivity contribution >= 4 is 33.4 Å². The van der Waals surface area contributed by atoms with Gasteiger partial charge in [0.25, 0.3) is 0 Å². The van der Waals surface area contributed by atoms with E-state index in [-0.39, 0.29) is 17.8 Å². The minimum Gasteiger partial charge on any atom is -0.387 e. The molecule has 5 nitrogen and oxygen atoms in total. The number of anilines is 1. The first kappa shape index (κ1) is 18.0. The maximum absolute atomic E-state index is 13.5. The van der Waals surface area contributed by atoms with Crippen LogP contribution in [0.15, 0.2) is 46.9 Å². The van der Waals surface area contributed by atoms with E-state index in [9.17, 15) is 23.5 Å². The van der Waals surface area contributed by atoms with Crippen LogP contribution in [0.25, 0.3) is 0 Å². The molecule has 3 N–H and O–H groups in total. The number of halogens is 3. The first-order valence-electron chi connectivity index (χ1n) is 6.84. The standard InChI is InChI=1S/C16H13BrF2N2O3/c17-10-4-5-12(19)13(7-10)21-16(24)15(23)20-8-14(22)9-2-1-3-11(18)6-9/h1-7,14,22H,8H2,(H,20,23)(H,21,24). The zero-order valence-corrected chi connectivity index (χ0v) is 13.8. The summed E-state index contributed by atoms with van der Waals surface area (Å²) in [5.74, 6) is -3.36. The van der Waals surface area contributed by atoms with Crippen molar-refractivity contribution in [3.63, 3.8) is 0 Å². The molecular formula is C16H13BrF2N2O3. The van der Waals surface area contributed by atoms with Gasteiger partial charge in [-0.05, 0) is 35.9 Å². The quantitative estimate of drug-likeness (QED) is 0.692. The Hall–Kier alpha value is -2.32. The molecule has 2 amide bonds. The summed E-state index contributed by atoms with van der Waals surface area (Å²) in [4.78, 5) is 23.4. The predicted octanol–water partition coefficient (Wildman–Crippen LogP) is 2.52. The molecule has 0 bridgehead atoms. The fourth-order valence-electron chi connectivity index (χ4n) is 1.87. The van der Waals surface area contributed by atoms with E-state index < -0.39 is 29.6 Å². The van der Waals surface area contributed by atoms with Crippen molar-refractivity contribution in [1.29, 1.82) is 0 Å². The van der Waals surface area contributed by atoms with Gasteiger partial charge in [-0.1, -0.05) is 28.1 Å². The molecule has 0 aliphatic rings. The molecule has 0 aliphatic heterocycles. The second kappa shape index (κ2) is 7.98. The number of carbonyl (C=O) groups excluding carboxylic acids is 2. The van der Waals surface area contributed by atoms with Crippen LogP contribution >= 0.6 is 15.9 Å². The summed E-state index contributed by atoms with van der Waals surface area (Å²) in [7, 11) is 0. The van der Waals surface area contributed by atoms with Crippen LogP contribution < -0.4 is 10.6 Å². The number of hydrogen-bond acceptors (Lipinski definition) is 3. The molecule has 0 saturated carbocycles. The van der Waals surface area contributed by atoms with E-state index in [0.29, 0.717) is 4.47 Å². The maximum atomic E-state index is 13.5. The van der Waals surface area contributed by atoms with E-state index in [2.05, 4.69) is 26.6 Å². The molecule has 24 heavy (non-hydrogen) atoms. The monoisotopic (exact) mass is 398 g/mol. The first-order valence-corrected chi connectivity index (χ1v) is 7.64. The number of carbonyl (C=O) groups is 2. The summed E-state index contributed by atoms with van der Waals surface area (Å²) in [6.45, 7) is -0.295. The van der Waals surface area contributed by atoms with Crippen molar-refractivity contribution in [2.75, 3.05) is 11.9 Å². The molecule has 2 aromatic rings. The van der Waals surface area contributed by atoms with Crippen LogP contribution in [0.4, 0.5) is 14.5 Å². The Morgan fingerprint density at radius 1 is 1.12 bits per heavy atom. The Kier molecular flexibility index (Phi) is 5.99. The largest absolute Gasteiger partial charge is 0.387 e. The summed E-state index contributed by atoms with van der Waals surface area (Å²) in [5.41, 5.74) is 0.101. The van der Waals surface area contributed by atoms with Gasteiger partial charge in [0.05, 0.1) is 11.8 Å². The van der Waals surface area contributed by atoms with E-state index >= 15 is 0 Å². The molecule has 2 aromatic carbocycles. The predicted molar refractivity (Wildman–Crippen MR) is 87.1 cm³/mol. The number of nitrogens with one attached hydrogen (secondary N) is 2. The Morgan fingerprint density at radius 3 is 2.58 bits per heavy atom. The fourth-order valence-corrected chi connectivity index (χ4v) is 2.23. The van der Waals surface area contributed by atoms with E-state index in [1.807, 2.05) is 0 Å². The summed E-state index contributed by atoms with van der Waals surface area (Å²) < 4.78 is 27.1. The van der Waals surface area contributed by atoms with E-state index in [1.165, 1.54) is 30.3 Å². The zero-order valence-electron chi connectivity index (χ0n) is 12.2. The van der Waals surface area contributed by atoms with Gasteiger partial charge in [0.1, 0.15) is 11.6 Å². The lowest BCUT2D eigenvalue weighted by Gasteiger charge is -2.12. The lowest BCUT2D eigenvalue weighted by molar-refractivity contribution is -0.136. The number of amides is 2. The highest BCUT2D eigenvalue weighted by molar-refractivity contribution is 9.10. The van der Waals surface area contributed by atoms with Crippen molar-refractivity contribution in [1.82, 2.24) is 5.32 Å². The number of aliphatic hydroxyl groups is 1. The van der Waals surface area contributed by atoms with Crippen molar-refractivity contribution in [2.24, 2.45) is 0 Å². The van der Waals surface area contributed by atoms with Crippen LogP contribution in [0.3, 0.4) is 0 Å². The third kappa shape index (κ3) is 4.84. The third-order valence-corrected chi connectivity index (χ3v) is 3.57. The molecular weight excluding hydrogens is 386 g/mol. The highest BCUT2D eigenvalue weighted by atomic mass is 79.9. The lowest BCUT2D eigenvalue weighted by atomic mass is 10.1. The summed E-state index contributed by atoms with van der Waals surface area (Å²) in [5, 5.41) is 14.2. The SMILES string of the molecule is O=C(NCC(O)c1cccc(F)c1)C(=O)Nc1cc(Br)ccc1F. The Balaban J connectivity index is 1.92. The van der Waals surface area contributed by atoms with Gasteiger partial charge in [0.2, 0.25) is 0 Å². The molecule has 0 fully saturated rings. The maximum Gasteiger partial charge on any atom is 0.313 e. The van der Waals surface area contributed by atoms with Gasteiger partial charge in [-0.3, -0.25) is 9.59 Å². The number of hydrogen-bond donors (Lipinski definition) is 3. The van der Waals surface area contributed by atoms with Crippen molar-refractivity contribution in [3.8, 4) is 0 Å². The minimum atomic E-state index is -1.18. The Bertz CT molecular complexity index is 771. The average Bonchev–Trinajstić information content (AvgIpc) is 2.55. The summed E-state index contributed by atoms with van der Waals surface area (Å²) >= 11 is 3.12. The zero-order chi connectivity index (χ0) is 17.7. The molecule has 126 valence electrons. The Labute approximate surface area is 144 Å². The first-order chi connectivity index (χ1) is 11.4. The highest BCUT2D eigenvalue weighted by Gasteiger charge is 2.17. The van der Waals surface area contributed by atoms with Gasteiger partial charge in [0.15, 0.2) is 0 Å². The average molecular weight is 399 g/mol. The number of aliphatic hydroxyl groups excluding tert-OH is 1. The van der Waals surface area contributed by atoms with Gasteiger partial charge >= 0.3 is 11.8 Å². The second-order valence-corrected chi connectivity index (χ2v) is 5.77. The molecule has 0 radical (unpaired) electrons. The minimum absolute atomic E-state index is 0.157. The highest BCUT2D eigenvalue weighted by Crippen LogP contribution is 2.20. The van der Waals surface area contributed by atoms with E-state index in [0.717, 1.165) is 12.1 Å². The van der Waals surface area contributed by atoms with Crippen LogP contribution in [0.2, 0.25) is 0 Å². The van der Waals surface area contributed by atoms with Gasteiger partial charge in [-0.15, -0.1) is 0 Å². The topological polar surface area (TPSA) is 78.4 Å². The Morgan fingerprint density at radius 2 is 1.88 bits per heavy atom. The van der Waals surface area contributed by atoms with Crippen molar-refractivity contribution in [3.05, 3.63) is 64.1 Å². The molecule has 1 atom stereocenters. The third-order valence-electron chi connectivity index (χ3n) is 3.07. The smallest absolute Gasteiger partial charge is 0.313 e. The van der Waals surface area contributed by atoms with Gasteiger partial charge in [0, 0.05) is 11.0 Å². The van der Waals surface area contributed by atoms with Crippen LogP contribution in [0.1, 0.15) is 11.7 Å². The molecule has 0 aliphatic carbocycles. The van der Waals surface area contributed by atoms with Gasteiger partial charge < -0.3 is 15.7 Å². The van der Waals surface area contributed by atoms with Crippen LogP contribution in [0.5, 0.6) is 0 Å².